The van der Waals surface area contributed by atoms with Gasteiger partial charge in [-0.1, -0.05) is 60.4 Å². The summed E-state index contributed by atoms with van der Waals surface area (Å²) in [4.78, 5) is 2.04. The Kier molecular flexibility index (Phi) is 5.97. The van der Waals surface area contributed by atoms with Gasteiger partial charge in [-0.15, -0.1) is 0 Å². The highest BCUT2D eigenvalue weighted by Crippen LogP contribution is 2.23. The molecule has 2 rings (SSSR count). The van der Waals surface area contributed by atoms with Gasteiger partial charge in [-0.25, -0.2) is 0 Å². The Balaban J connectivity index is 2.23. The van der Waals surface area contributed by atoms with Crippen molar-refractivity contribution >= 4 is 5.57 Å². The van der Waals surface area contributed by atoms with Crippen LogP contribution in [0.25, 0.3) is 5.57 Å². The van der Waals surface area contributed by atoms with Crippen LogP contribution in [0.4, 0.5) is 0 Å². The van der Waals surface area contributed by atoms with Gasteiger partial charge >= 0.3 is 0 Å². The van der Waals surface area contributed by atoms with Gasteiger partial charge in [0, 0.05) is 5.56 Å². The van der Waals surface area contributed by atoms with Crippen molar-refractivity contribution in [1.29, 1.82) is 0 Å². The molecule has 0 heterocycles. The maximum atomic E-state index is 9.28. The largest absolute Gasteiger partial charge is 0.392 e. The minimum Gasteiger partial charge on any atom is -0.392 e. The molecule has 0 saturated carbocycles. The number of nitrogens with zero attached hydrogens (tertiary/aromatic N) is 1. The number of aliphatic hydroxyl groups excluding tert-OH is 1. The van der Waals surface area contributed by atoms with Crippen LogP contribution in [0.3, 0.4) is 0 Å². The quantitative estimate of drug-likeness (QED) is 0.875. The summed E-state index contributed by atoms with van der Waals surface area (Å²) in [6, 6.07) is 18.2. The minimum atomic E-state index is 0.0224. The highest BCUT2D eigenvalue weighted by Gasteiger charge is 2.04. The predicted molar refractivity (Wildman–Crippen MR) is 92.5 cm³/mol. The first-order valence-corrected chi connectivity index (χ1v) is 7.31. The molecule has 2 aromatic rings. The number of hydrogen-bond donors (Lipinski definition) is 1. The van der Waals surface area contributed by atoms with Gasteiger partial charge in [0.15, 0.2) is 0 Å². The molecule has 0 bridgehead atoms. The summed E-state index contributed by atoms with van der Waals surface area (Å²) in [5.41, 5.74) is 4.22. The lowest BCUT2D eigenvalue weighted by molar-refractivity contribution is 0.343. The fourth-order valence-electron chi connectivity index (χ4n) is 2.14. The first-order valence-electron chi connectivity index (χ1n) is 7.31. The van der Waals surface area contributed by atoms with Crippen molar-refractivity contribution in [3.8, 4) is 11.8 Å². The first-order chi connectivity index (χ1) is 10.7. The summed E-state index contributed by atoms with van der Waals surface area (Å²) in [5.74, 6) is 6.28. The Morgan fingerprint density at radius 1 is 1.00 bits per heavy atom. The Labute approximate surface area is 132 Å². The summed E-state index contributed by atoms with van der Waals surface area (Å²) < 4.78 is 0. The maximum absolute atomic E-state index is 9.28. The highest BCUT2D eigenvalue weighted by molar-refractivity contribution is 5.80. The maximum Gasteiger partial charge on any atom is 0.0621 e. The molecule has 0 aromatic heterocycles. The Bertz CT molecular complexity index is 673. The normalized spacial score (nSPS) is 11.2. The molecule has 0 unspecified atom stereocenters. The lowest BCUT2D eigenvalue weighted by Crippen LogP contribution is -2.10. The molecule has 0 aliphatic carbocycles. The van der Waals surface area contributed by atoms with Crippen molar-refractivity contribution in [3.63, 3.8) is 0 Å². The van der Waals surface area contributed by atoms with E-state index in [-0.39, 0.29) is 6.61 Å². The number of benzene rings is 2. The second-order valence-electron chi connectivity index (χ2n) is 5.28. The van der Waals surface area contributed by atoms with E-state index in [1.54, 1.807) is 0 Å². The Morgan fingerprint density at radius 3 is 2.23 bits per heavy atom. The molecule has 0 atom stereocenters. The summed E-state index contributed by atoms with van der Waals surface area (Å²) in [6.07, 6.45) is 1.84. The number of aliphatic hydroxyl groups is 1. The summed E-state index contributed by atoms with van der Waals surface area (Å²) in [6.45, 7) is 0.774. The molecule has 1 N–H and O–H groups in total. The van der Waals surface area contributed by atoms with Crippen molar-refractivity contribution < 1.29 is 5.11 Å². The van der Waals surface area contributed by atoms with Crippen LogP contribution in [0.15, 0.2) is 60.7 Å². The van der Waals surface area contributed by atoms with Gasteiger partial charge in [-0.3, -0.25) is 4.90 Å². The molecule has 112 valence electrons. The molecular formula is C20H21NO. The van der Waals surface area contributed by atoms with Gasteiger partial charge in [0.1, 0.15) is 0 Å². The molecule has 0 radical (unpaired) electrons. The van der Waals surface area contributed by atoms with E-state index in [1.807, 2.05) is 79.7 Å². The molecule has 2 nitrogen and oxygen atoms in total. The van der Waals surface area contributed by atoms with Crippen molar-refractivity contribution in [2.45, 2.75) is 0 Å². The van der Waals surface area contributed by atoms with E-state index in [9.17, 15) is 5.11 Å². The first kappa shape index (κ1) is 16.0. The van der Waals surface area contributed by atoms with E-state index in [0.29, 0.717) is 0 Å². The van der Waals surface area contributed by atoms with Crippen LogP contribution in [-0.4, -0.2) is 37.3 Å². The highest BCUT2D eigenvalue weighted by atomic mass is 16.2. The third kappa shape index (κ3) is 4.60. The molecule has 0 aliphatic heterocycles. The van der Waals surface area contributed by atoms with E-state index in [4.69, 9.17) is 0 Å². The number of hydrogen-bond acceptors (Lipinski definition) is 2. The van der Waals surface area contributed by atoms with Gasteiger partial charge in [-0.2, -0.15) is 0 Å². The molecule has 0 saturated heterocycles. The van der Waals surface area contributed by atoms with Crippen LogP contribution in [0.1, 0.15) is 16.7 Å². The van der Waals surface area contributed by atoms with Crippen LogP contribution in [0, 0.1) is 11.8 Å². The van der Waals surface area contributed by atoms with E-state index < -0.39 is 0 Å². The van der Waals surface area contributed by atoms with Crippen LogP contribution in [0.5, 0.6) is 0 Å². The zero-order valence-corrected chi connectivity index (χ0v) is 13.1. The van der Waals surface area contributed by atoms with Crippen molar-refractivity contribution in [2.75, 3.05) is 27.2 Å². The van der Waals surface area contributed by atoms with Gasteiger partial charge < -0.3 is 5.11 Å². The van der Waals surface area contributed by atoms with Crippen LogP contribution in [-0.2, 0) is 0 Å². The number of rotatable bonds is 4. The Morgan fingerprint density at radius 2 is 1.64 bits per heavy atom. The van der Waals surface area contributed by atoms with Crippen LogP contribution < -0.4 is 0 Å². The lowest BCUT2D eigenvalue weighted by Gasteiger charge is -2.08. The van der Waals surface area contributed by atoms with Gasteiger partial charge in [0.2, 0.25) is 0 Å². The smallest absolute Gasteiger partial charge is 0.0621 e. The van der Waals surface area contributed by atoms with E-state index in [0.717, 1.165) is 28.8 Å². The van der Waals surface area contributed by atoms with Crippen LogP contribution >= 0.6 is 0 Å². The fourth-order valence-corrected chi connectivity index (χ4v) is 2.14. The van der Waals surface area contributed by atoms with Crippen molar-refractivity contribution in [1.82, 2.24) is 4.90 Å². The minimum absolute atomic E-state index is 0.0224. The SMILES string of the molecule is CN(C)CC#Cc1ccc(C(=CCO)c2ccccc2)cc1. The van der Waals surface area contributed by atoms with E-state index in [1.165, 1.54) is 0 Å². The third-order valence-corrected chi connectivity index (χ3v) is 3.20. The topological polar surface area (TPSA) is 23.5 Å². The Hall–Kier alpha value is -2.34. The fraction of sp³-hybridized carbons (Fsp3) is 0.200. The molecule has 22 heavy (non-hydrogen) atoms. The summed E-state index contributed by atoms with van der Waals surface area (Å²) in [5, 5.41) is 9.28. The summed E-state index contributed by atoms with van der Waals surface area (Å²) >= 11 is 0. The zero-order valence-electron chi connectivity index (χ0n) is 13.1. The third-order valence-electron chi connectivity index (χ3n) is 3.20. The zero-order chi connectivity index (χ0) is 15.8. The van der Waals surface area contributed by atoms with Crippen molar-refractivity contribution in [2.24, 2.45) is 0 Å². The second kappa shape index (κ2) is 8.19. The lowest BCUT2D eigenvalue weighted by atomic mass is 9.97. The second-order valence-corrected chi connectivity index (χ2v) is 5.28. The standard InChI is InChI=1S/C20H21NO/c1-21(2)15-6-7-17-10-12-19(13-11-17)20(14-16-22)18-8-4-3-5-9-18/h3-5,8-14,22H,15-16H2,1-2H3. The monoisotopic (exact) mass is 291 g/mol. The molecule has 0 amide bonds. The van der Waals surface area contributed by atoms with Gasteiger partial charge in [-0.05, 0) is 42.9 Å². The molecule has 2 heteroatoms. The molecule has 0 spiro atoms. The summed E-state index contributed by atoms with van der Waals surface area (Å²) in [7, 11) is 4.01. The van der Waals surface area contributed by atoms with E-state index in [2.05, 4.69) is 11.8 Å². The van der Waals surface area contributed by atoms with Crippen molar-refractivity contribution in [3.05, 3.63) is 77.4 Å². The molecule has 2 aromatic carbocycles. The molecular weight excluding hydrogens is 270 g/mol. The average Bonchev–Trinajstić information content (AvgIpc) is 2.54. The average molecular weight is 291 g/mol. The van der Waals surface area contributed by atoms with E-state index >= 15 is 0 Å². The molecule has 0 aliphatic rings. The van der Waals surface area contributed by atoms with Crippen LogP contribution in [0.2, 0.25) is 0 Å². The molecule has 0 fully saturated rings. The van der Waals surface area contributed by atoms with Gasteiger partial charge in [0.05, 0.1) is 13.2 Å². The van der Waals surface area contributed by atoms with Gasteiger partial charge in [0.25, 0.3) is 0 Å². The predicted octanol–water partition coefficient (Wildman–Crippen LogP) is 3.02.